The van der Waals surface area contributed by atoms with Crippen LogP contribution in [0.15, 0.2) is 55.6 Å². The van der Waals surface area contributed by atoms with Gasteiger partial charge in [0.25, 0.3) is 0 Å². The molecule has 1 aromatic rings. The molecule has 0 radical (unpaired) electrons. The number of rotatable bonds is 6. The molecule has 0 aliphatic rings. The number of carbonyl (C=O) groups excluding carboxylic acids is 2. The van der Waals surface area contributed by atoms with E-state index in [1.165, 1.54) is 7.11 Å². The van der Waals surface area contributed by atoms with E-state index >= 15 is 0 Å². The van der Waals surface area contributed by atoms with E-state index in [-0.39, 0.29) is 32.7 Å². The second-order valence-electron chi connectivity index (χ2n) is 4.49. The Morgan fingerprint density at radius 3 is 1.77 bits per heavy atom. The monoisotopic (exact) mass is 368 g/mol. The van der Waals surface area contributed by atoms with Gasteiger partial charge in [-0.15, -0.1) is 13.2 Å². The summed E-state index contributed by atoms with van der Waals surface area (Å²) >= 11 is 0. The van der Waals surface area contributed by atoms with Crippen molar-refractivity contribution in [2.45, 2.75) is 33.3 Å². The van der Waals surface area contributed by atoms with Gasteiger partial charge in [0, 0.05) is 0 Å². The number of aliphatic hydroxyl groups is 2. The first-order valence-corrected chi connectivity index (χ1v) is 8.09. The molecule has 0 aliphatic carbocycles. The Morgan fingerprint density at radius 2 is 1.38 bits per heavy atom. The Kier molecular flexibility index (Phi) is 27.1. The largest absolute Gasteiger partial charge is 0.469 e. The molecule has 0 fully saturated rings. The first-order valence-electron chi connectivity index (χ1n) is 8.09. The summed E-state index contributed by atoms with van der Waals surface area (Å²) in [7, 11) is 1.29. The fourth-order valence-electron chi connectivity index (χ4n) is 1.12. The van der Waals surface area contributed by atoms with Gasteiger partial charge < -0.3 is 19.7 Å². The second kappa shape index (κ2) is 24.8. The van der Waals surface area contributed by atoms with Crippen molar-refractivity contribution in [1.82, 2.24) is 0 Å². The maximum absolute atomic E-state index is 11.2. The summed E-state index contributed by atoms with van der Waals surface area (Å²) in [6, 6.07) is 9.37. The van der Waals surface area contributed by atoms with Crippen LogP contribution in [0.5, 0.6) is 0 Å². The summed E-state index contributed by atoms with van der Waals surface area (Å²) in [5, 5.41) is 15.2. The van der Waals surface area contributed by atoms with Crippen molar-refractivity contribution in [3.63, 3.8) is 0 Å². The van der Waals surface area contributed by atoms with Crippen molar-refractivity contribution in [3.8, 4) is 0 Å². The Morgan fingerprint density at radius 1 is 0.962 bits per heavy atom. The first-order chi connectivity index (χ1) is 12.5. The standard InChI is InChI=1S/C12H14O4.2C3H6.C2H6O2/c1-15-11(13)7-8-12(14)16-9-10-5-3-2-4-6-10;2*1-3-2;3-1-2-4/h2-6H,7-9H2,1H3;2*3H,1H2,2H3;3-4H,1-2H2. The van der Waals surface area contributed by atoms with Gasteiger partial charge in [0.2, 0.25) is 0 Å². The minimum Gasteiger partial charge on any atom is -0.469 e. The maximum atomic E-state index is 11.2. The van der Waals surface area contributed by atoms with Crippen LogP contribution in [0.1, 0.15) is 32.3 Å². The number of methoxy groups -OCH3 is 1. The fourth-order valence-corrected chi connectivity index (χ4v) is 1.12. The predicted molar refractivity (Wildman–Crippen MR) is 103 cm³/mol. The molecule has 0 saturated heterocycles. The molecule has 0 spiro atoms. The third-order valence-electron chi connectivity index (χ3n) is 2.10. The highest BCUT2D eigenvalue weighted by atomic mass is 16.5. The SMILES string of the molecule is C=CC.C=CC.COC(=O)CCC(=O)OCc1ccccc1.OCCO. The van der Waals surface area contributed by atoms with Gasteiger partial charge in [-0.25, -0.2) is 0 Å². The van der Waals surface area contributed by atoms with E-state index in [0.29, 0.717) is 0 Å². The lowest BCUT2D eigenvalue weighted by atomic mass is 10.2. The maximum Gasteiger partial charge on any atom is 0.306 e. The van der Waals surface area contributed by atoms with Crippen LogP contribution in [0.4, 0.5) is 0 Å². The molecule has 0 amide bonds. The number of esters is 2. The van der Waals surface area contributed by atoms with Gasteiger partial charge in [0.1, 0.15) is 6.61 Å². The third-order valence-corrected chi connectivity index (χ3v) is 2.10. The highest BCUT2D eigenvalue weighted by molar-refractivity contribution is 5.77. The van der Waals surface area contributed by atoms with E-state index in [2.05, 4.69) is 17.9 Å². The van der Waals surface area contributed by atoms with Crippen molar-refractivity contribution in [2.24, 2.45) is 0 Å². The van der Waals surface area contributed by atoms with Gasteiger partial charge in [-0.1, -0.05) is 42.5 Å². The second-order valence-corrected chi connectivity index (χ2v) is 4.49. The molecule has 0 aliphatic heterocycles. The smallest absolute Gasteiger partial charge is 0.306 e. The molecule has 0 atom stereocenters. The normalized spacial score (nSPS) is 8.04. The lowest BCUT2D eigenvalue weighted by Crippen LogP contribution is -2.08. The zero-order chi connectivity index (χ0) is 20.6. The minimum absolute atomic E-state index is 0.0551. The molecule has 0 saturated carbocycles. The van der Waals surface area contributed by atoms with Crippen molar-refractivity contribution in [2.75, 3.05) is 20.3 Å². The summed E-state index contributed by atoms with van der Waals surface area (Å²) < 4.78 is 9.39. The first kappa shape index (κ1) is 28.4. The van der Waals surface area contributed by atoms with Crippen LogP contribution in [-0.2, 0) is 25.7 Å². The Bertz CT molecular complexity index is 449. The molecule has 2 N–H and O–H groups in total. The van der Waals surface area contributed by atoms with Crippen molar-refractivity contribution >= 4 is 11.9 Å². The van der Waals surface area contributed by atoms with Gasteiger partial charge in [0.15, 0.2) is 0 Å². The summed E-state index contributed by atoms with van der Waals surface area (Å²) in [4.78, 5) is 22.0. The number of hydrogen-bond donors (Lipinski definition) is 2. The molecule has 1 rings (SSSR count). The lowest BCUT2D eigenvalue weighted by molar-refractivity contribution is -0.149. The highest BCUT2D eigenvalue weighted by Crippen LogP contribution is 2.02. The van der Waals surface area contributed by atoms with Gasteiger partial charge in [-0.3, -0.25) is 9.59 Å². The summed E-state index contributed by atoms with van der Waals surface area (Å²) in [5.74, 6) is -0.800. The minimum atomic E-state index is -0.406. The Labute approximate surface area is 156 Å². The zero-order valence-corrected chi connectivity index (χ0v) is 16.0. The lowest BCUT2D eigenvalue weighted by Gasteiger charge is -2.04. The quantitative estimate of drug-likeness (QED) is 0.592. The number of aliphatic hydroxyl groups excluding tert-OH is 2. The molecule has 6 heteroatoms. The van der Waals surface area contributed by atoms with Crippen molar-refractivity contribution in [3.05, 3.63) is 61.2 Å². The molecule has 0 unspecified atom stereocenters. The molecule has 6 nitrogen and oxygen atoms in total. The van der Waals surface area contributed by atoms with Crippen LogP contribution in [-0.4, -0.2) is 42.5 Å². The van der Waals surface area contributed by atoms with Crippen molar-refractivity contribution in [1.29, 1.82) is 0 Å². The predicted octanol–water partition coefficient (Wildman–Crippen LogP) is 3.04. The van der Waals surface area contributed by atoms with Crippen LogP contribution in [0.2, 0.25) is 0 Å². The van der Waals surface area contributed by atoms with E-state index in [1.807, 2.05) is 44.2 Å². The Hall–Kier alpha value is -2.44. The van der Waals surface area contributed by atoms with E-state index in [9.17, 15) is 9.59 Å². The molecular formula is C20H32O6. The molecule has 1 aromatic carbocycles. The van der Waals surface area contributed by atoms with Crippen molar-refractivity contribution < 1.29 is 29.3 Å². The Balaban J connectivity index is -0.000000439. The van der Waals surface area contributed by atoms with Crippen LogP contribution >= 0.6 is 0 Å². The number of ether oxygens (including phenoxy) is 2. The van der Waals surface area contributed by atoms with Crippen LogP contribution in [0, 0.1) is 0 Å². The number of benzene rings is 1. The molecule has 0 heterocycles. The summed E-state index contributed by atoms with van der Waals surface area (Å²) in [5.41, 5.74) is 0.925. The zero-order valence-electron chi connectivity index (χ0n) is 16.0. The number of allylic oxidation sites excluding steroid dienone is 2. The number of carbonyl (C=O) groups is 2. The summed E-state index contributed by atoms with van der Waals surface area (Å²) in [6.45, 7) is 10.5. The van der Waals surface area contributed by atoms with Gasteiger partial charge in [-0.05, 0) is 19.4 Å². The summed E-state index contributed by atoms with van der Waals surface area (Å²) in [6.07, 6.45) is 3.61. The van der Waals surface area contributed by atoms with E-state index in [1.54, 1.807) is 12.2 Å². The number of hydrogen-bond acceptors (Lipinski definition) is 6. The molecule has 0 aromatic heterocycles. The van der Waals surface area contributed by atoms with Crippen LogP contribution in [0.3, 0.4) is 0 Å². The average molecular weight is 368 g/mol. The molecular weight excluding hydrogens is 336 g/mol. The van der Waals surface area contributed by atoms with Crippen LogP contribution < -0.4 is 0 Å². The highest BCUT2D eigenvalue weighted by Gasteiger charge is 2.07. The topological polar surface area (TPSA) is 93.1 Å². The van der Waals surface area contributed by atoms with Crippen LogP contribution in [0.25, 0.3) is 0 Å². The fraction of sp³-hybridized carbons (Fsp3) is 0.400. The van der Waals surface area contributed by atoms with Gasteiger partial charge in [-0.2, -0.15) is 0 Å². The van der Waals surface area contributed by atoms with E-state index < -0.39 is 11.9 Å². The molecule has 0 bridgehead atoms. The molecule has 148 valence electrons. The van der Waals surface area contributed by atoms with Gasteiger partial charge in [0.05, 0.1) is 33.2 Å². The van der Waals surface area contributed by atoms with Gasteiger partial charge >= 0.3 is 11.9 Å². The molecule has 26 heavy (non-hydrogen) atoms. The third kappa shape index (κ3) is 26.5. The van der Waals surface area contributed by atoms with E-state index in [4.69, 9.17) is 14.9 Å². The average Bonchev–Trinajstić information content (AvgIpc) is 2.66. The van der Waals surface area contributed by atoms with E-state index in [0.717, 1.165) is 5.56 Å².